The molecule has 1 N–H and O–H groups in total. The van der Waals surface area contributed by atoms with Gasteiger partial charge in [0.1, 0.15) is 0 Å². The molecule has 0 fully saturated rings. The molecular formula is C18H25N3O2. The summed E-state index contributed by atoms with van der Waals surface area (Å²) in [6, 6.07) is 9.80. The second-order valence-corrected chi connectivity index (χ2v) is 6.88. The van der Waals surface area contributed by atoms with Crippen molar-refractivity contribution in [3.05, 3.63) is 36.2 Å². The molecule has 2 aromatic rings. The molecule has 0 aliphatic heterocycles. The number of nitrogens with zero attached hydrogens (tertiary/aromatic N) is 2. The number of nitrogens with one attached hydrogen (secondary N) is 1. The minimum absolute atomic E-state index is 0.0622. The number of carbonyl (C=O) groups excluding carboxylic acids is 1. The van der Waals surface area contributed by atoms with E-state index in [9.17, 15) is 4.79 Å². The number of benzene rings is 1. The molecular weight excluding hydrogens is 290 g/mol. The molecule has 0 saturated heterocycles. The van der Waals surface area contributed by atoms with Gasteiger partial charge >= 0.3 is 0 Å². The van der Waals surface area contributed by atoms with Crippen molar-refractivity contribution in [2.24, 2.45) is 5.41 Å². The first-order chi connectivity index (χ1) is 10.9. The van der Waals surface area contributed by atoms with E-state index in [0.717, 1.165) is 5.56 Å². The molecule has 5 heteroatoms. The molecule has 1 aromatic carbocycles. The highest BCUT2D eigenvalue weighted by molar-refractivity contribution is 5.76. The van der Waals surface area contributed by atoms with Crippen LogP contribution >= 0.6 is 0 Å². The maximum absolute atomic E-state index is 11.9. The smallest absolute Gasteiger partial charge is 0.247 e. The lowest BCUT2D eigenvalue weighted by molar-refractivity contribution is -0.122. The maximum Gasteiger partial charge on any atom is 0.247 e. The first-order valence-corrected chi connectivity index (χ1v) is 8.03. The summed E-state index contributed by atoms with van der Waals surface area (Å²) >= 11 is 0. The van der Waals surface area contributed by atoms with Gasteiger partial charge in [-0.3, -0.25) is 4.79 Å². The Labute approximate surface area is 137 Å². The summed E-state index contributed by atoms with van der Waals surface area (Å²) in [7, 11) is 0. The van der Waals surface area contributed by atoms with Gasteiger partial charge in [0.25, 0.3) is 0 Å². The van der Waals surface area contributed by atoms with Crippen molar-refractivity contribution < 1.29 is 9.21 Å². The molecule has 2 rings (SSSR count). The molecule has 0 spiro atoms. The third kappa shape index (κ3) is 5.20. The van der Waals surface area contributed by atoms with Crippen molar-refractivity contribution in [1.29, 1.82) is 0 Å². The van der Waals surface area contributed by atoms with E-state index in [1.165, 1.54) is 0 Å². The zero-order valence-electron chi connectivity index (χ0n) is 14.3. The van der Waals surface area contributed by atoms with Gasteiger partial charge in [0.05, 0.1) is 0 Å². The molecule has 0 bridgehead atoms. The molecule has 0 aliphatic rings. The van der Waals surface area contributed by atoms with E-state index in [-0.39, 0.29) is 17.4 Å². The van der Waals surface area contributed by atoms with Crippen LogP contribution in [-0.4, -0.2) is 22.1 Å². The van der Waals surface area contributed by atoms with E-state index in [2.05, 4.69) is 36.3 Å². The third-order valence-electron chi connectivity index (χ3n) is 3.96. The fourth-order valence-electron chi connectivity index (χ4n) is 1.98. The van der Waals surface area contributed by atoms with E-state index in [1.807, 2.05) is 37.3 Å². The summed E-state index contributed by atoms with van der Waals surface area (Å²) < 4.78 is 5.63. The quantitative estimate of drug-likeness (QED) is 0.884. The molecule has 124 valence electrons. The first-order valence-electron chi connectivity index (χ1n) is 8.03. The van der Waals surface area contributed by atoms with Crippen LogP contribution in [-0.2, 0) is 11.2 Å². The van der Waals surface area contributed by atoms with Crippen molar-refractivity contribution in [2.75, 3.05) is 0 Å². The predicted molar refractivity (Wildman–Crippen MR) is 89.7 cm³/mol. The Balaban J connectivity index is 1.79. The lowest BCUT2D eigenvalue weighted by Crippen LogP contribution is -2.41. The van der Waals surface area contributed by atoms with E-state index in [4.69, 9.17) is 4.42 Å². The van der Waals surface area contributed by atoms with Crippen LogP contribution in [0.5, 0.6) is 0 Å². The summed E-state index contributed by atoms with van der Waals surface area (Å²) in [5.41, 5.74) is 0.968. The molecule has 5 nitrogen and oxygen atoms in total. The standard InChI is InChI=1S/C18H25N3O2/c1-13(18(2,3)4)19-15(22)11-8-12-16-20-21-17(23-16)14-9-6-5-7-10-14/h5-7,9-10,13H,8,11-12H2,1-4H3,(H,19,22). The van der Waals surface area contributed by atoms with Gasteiger partial charge in [-0.25, -0.2) is 0 Å². The van der Waals surface area contributed by atoms with Crippen molar-refractivity contribution in [2.45, 2.75) is 53.0 Å². The second-order valence-electron chi connectivity index (χ2n) is 6.88. The monoisotopic (exact) mass is 315 g/mol. The Kier molecular flexibility index (Phi) is 5.53. The molecule has 1 atom stereocenters. The van der Waals surface area contributed by atoms with E-state index < -0.39 is 0 Å². The first kappa shape index (κ1) is 17.2. The Morgan fingerprint density at radius 3 is 2.57 bits per heavy atom. The number of amides is 1. The lowest BCUT2D eigenvalue weighted by Gasteiger charge is -2.28. The van der Waals surface area contributed by atoms with Gasteiger partial charge < -0.3 is 9.73 Å². The summed E-state index contributed by atoms with van der Waals surface area (Å²) in [5.74, 6) is 1.15. The molecule has 1 aromatic heterocycles. The van der Waals surface area contributed by atoms with E-state index in [1.54, 1.807) is 0 Å². The van der Waals surface area contributed by atoms with Gasteiger partial charge in [0.2, 0.25) is 17.7 Å². The van der Waals surface area contributed by atoms with Crippen LogP contribution in [0.25, 0.3) is 11.5 Å². The van der Waals surface area contributed by atoms with E-state index in [0.29, 0.717) is 31.0 Å². The average Bonchev–Trinajstić information content (AvgIpc) is 2.96. The summed E-state index contributed by atoms with van der Waals surface area (Å²) in [6.07, 6.45) is 1.76. The Bertz CT molecular complexity index is 629. The van der Waals surface area contributed by atoms with Crippen LogP contribution in [0.2, 0.25) is 0 Å². The van der Waals surface area contributed by atoms with Gasteiger partial charge in [-0.15, -0.1) is 10.2 Å². The minimum Gasteiger partial charge on any atom is -0.421 e. The number of aryl methyl sites for hydroxylation is 1. The largest absolute Gasteiger partial charge is 0.421 e. The van der Waals surface area contributed by atoms with Crippen LogP contribution in [0.4, 0.5) is 0 Å². The molecule has 0 saturated carbocycles. The summed E-state index contributed by atoms with van der Waals surface area (Å²) in [4.78, 5) is 11.9. The van der Waals surface area contributed by atoms with E-state index >= 15 is 0 Å². The molecule has 1 amide bonds. The van der Waals surface area contributed by atoms with Gasteiger partial charge in [-0.05, 0) is 30.9 Å². The van der Waals surface area contributed by atoms with Crippen LogP contribution < -0.4 is 5.32 Å². The highest BCUT2D eigenvalue weighted by atomic mass is 16.4. The Morgan fingerprint density at radius 2 is 1.91 bits per heavy atom. The summed E-state index contributed by atoms with van der Waals surface area (Å²) in [6.45, 7) is 8.37. The fraction of sp³-hybridized carbons (Fsp3) is 0.500. The Morgan fingerprint density at radius 1 is 1.22 bits per heavy atom. The second kappa shape index (κ2) is 7.40. The SMILES string of the molecule is CC(NC(=O)CCCc1nnc(-c2ccccc2)o1)C(C)(C)C. The number of hydrogen-bond donors (Lipinski definition) is 1. The fourth-order valence-corrected chi connectivity index (χ4v) is 1.98. The minimum atomic E-state index is 0.0622. The van der Waals surface area contributed by atoms with Crippen molar-refractivity contribution in [1.82, 2.24) is 15.5 Å². The van der Waals surface area contributed by atoms with Gasteiger partial charge in [-0.2, -0.15) is 0 Å². The van der Waals surface area contributed by atoms with Crippen molar-refractivity contribution in [3.63, 3.8) is 0 Å². The zero-order chi connectivity index (χ0) is 16.9. The van der Waals surface area contributed by atoms with Crippen molar-refractivity contribution >= 4 is 5.91 Å². The molecule has 0 radical (unpaired) electrons. The van der Waals surface area contributed by atoms with Crippen molar-refractivity contribution in [3.8, 4) is 11.5 Å². The summed E-state index contributed by atoms with van der Waals surface area (Å²) in [5, 5.41) is 11.1. The molecule has 23 heavy (non-hydrogen) atoms. The highest BCUT2D eigenvalue weighted by Gasteiger charge is 2.21. The normalized spacial score (nSPS) is 12.9. The highest BCUT2D eigenvalue weighted by Crippen LogP contribution is 2.19. The lowest BCUT2D eigenvalue weighted by atomic mass is 9.88. The van der Waals surface area contributed by atoms with Gasteiger partial charge in [0.15, 0.2) is 0 Å². The van der Waals surface area contributed by atoms with Crippen LogP contribution in [0.1, 0.15) is 46.4 Å². The average molecular weight is 315 g/mol. The Hall–Kier alpha value is -2.17. The molecule has 1 unspecified atom stereocenters. The van der Waals surface area contributed by atoms with Crippen LogP contribution in [0.3, 0.4) is 0 Å². The number of hydrogen-bond acceptors (Lipinski definition) is 4. The number of rotatable bonds is 6. The number of carbonyl (C=O) groups is 1. The molecule has 0 aliphatic carbocycles. The maximum atomic E-state index is 11.9. The van der Waals surface area contributed by atoms with Gasteiger partial charge in [0, 0.05) is 24.4 Å². The topological polar surface area (TPSA) is 68.0 Å². The third-order valence-corrected chi connectivity index (χ3v) is 3.96. The number of aromatic nitrogens is 2. The molecule has 1 heterocycles. The van der Waals surface area contributed by atoms with Gasteiger partial charge in [-0.1, -0.05) is 39.0 Å². The predicted octanol–water partition coefficient (Wildman–Crippen LogP) is 3.61. The van der Waals surface area contributed by atoms with Crippen LogP contribution in [0.15, 0.2) is 34.7 Å². The zero-order valence-corrected chi connectivity index (χ0v) is 14.3. The van der Waals surface area contributed by atoms with Crippen LogP contribution in [0, 0.1) is 5.41 Å².